The molecule has 0 amide bonds. The lowest BCUT2D eigenvalue weighted by Crippen LogP contribution is -2.09. The fraction of sp³-hybridized carbons (Fsp3) is 0. The molecule has 0 radical (unpaired) electrons. The second kappa shape index (κ2) is 8.59. The van der Waals surface area contributed by atoms with Gasteiger partial charge in [-0.2, -0.15) is 5.26 Å². The van der Waals surface area contributed by atoms with Crippen LogP contribution in [-0.2, 0) is 0 Å². The molecular weight excluding hydrogens is 586 g/mol. The quantitative estimate of drug-likeness (QED) is 0.140. The molecule has 2 rings (SSSR count). The van der Waals surface area contributed by atoms with E-state index >= 15 is 0 Å². The number of aromatic nitrogens is 1. The van der Waals surface area contributed by atoms with Gasteiger partial charge in [-0.1, -0.05) is 18.3 Å². The van der Waals surface area contributed by atoms with Gasteiger partial charge in [0.15, 0.2) is 0 Å². The van der Waals surface area contributed by atoms with Crippen molar-refractivity contribution in [3.8, 4) is 17.3 Å². The highest BCUT2D eigenvalue weighted by molar-refractivity contribution is 9.14. The van der Waals surface area contributed by atoms with Crippen LogP contribution in [0.5, 0.6) is 0 Å². The van der Waals surface area contributed by atoms with Gasteiger partial charge < -0.3 is 10.7 Å². The van der Waals surface area contributed by atoms with E-state index in [2.05, 4.69) is 68.7 Å². The lowest BCUT2D eigenvalue weighted by Gasteiger charge is -2.09. The van der Waals surface area contributed by atoms with Crippen molar-refractivity contribution in [1.82, 2.24) is 4.98 Å². The molecule has 0 spiro atoms. The van der Waals surface area contributed by atoms with Gasteiger partial charge in [0.25, 0.3) is 0 Å². The molecule has 0 aliphatic rings. The van der Waals surface area contributed by atoms with Gasteiger partial charge >= 0.3 is 0 Å². The largest absolute Gasteiger partial charge is 0.389 e. The van der Waals surface area contributed by atoms with E-state index in [0.29, 0.717) is 0 Å². The third kappa shape index (κ3) is 4.46. The average Bonchev–Trinajstić information content (AvgIpc) is 2.98. The number of benzene rings is 1. The van der Waals surface area contributed by atoms with E-state index in [1.807, 2.05) is 30.3 Å². The zero-order chi connectivity index (χ0) is 17.9. The Balaban J connectivity index is 2.37. The number of nitrogens with zero attached hydrogens (tertiary/aromatic N) is 1. The minimum atomic E-state index is 0.0844. The van der Waals surface area contributed by atoms with Gasteiger partial charge in [0.1, 0.15) is 11.1 Å². The van der Waals surface area contributed by atoms with Gasteiger partial charge in [-0.05, 0) is 94.1 Å². The molecule has 1 aromatic carbocycles. The molecule has 2 aromatic rings. The Morgan fingerprint density at radius 2 is 1.79 bits per heavy atom. The van der Waals surface area contributed by atoms with E-state index in [9.17, 15) is 0 Å². The first-order chi connectivity index (χ1) is 11.3. The van der Waals surface area contributed by atoms with E-state index in [1.165, 1.54) is 0 Å². The van der Waals surface area contributed by atoms with Crippen LogP contribution >= 0.6 is 75.9 Å². The standard InChI is InChI=1S/C16H9Br4N3S/c17-10-6-11(18)15(20)13(14(10)19)12-5-4-9(23-12)3-1-2-8(7-21)16(22)24/h1-6,23H,(H2,22,24)/b3-1+,8-2-. The summed E-state index contributed by atoms with van der Waals surface area (Å²) in [6.45, 7) is 0. The Labute approximate surface area is 178 Å². The SMILES string of the molecule is N#C/C(=C/C=C/c1ccc(-c2c(Br)c(Br)cc(Br)c2Br)[nH]1)C(N)=S. The van der Waals surface area contributed by atoms with Gasteiger partial charge in [0, 0.05) is 34.8 Å². The maximum Gasteiger partial charge on any atom is 0.114 e. The van der Waals surface area contributed by atoms with Crippen molar-refractivity contribution in [2.24, 2.45) is 5.73 Å². The second-order valence-corrected chi connectivity index (χ2v) is 8.32. The third-order valence-corrected chi connectivity index (χ3v) is 7.20. The minimum Gasteiger partial charge on any atom is -0.389 e. The second-order valence-electron chi connectivity index (χ2n) is 4.59. The first-order valence-corrected chi connectivity index (χ1v) is 10.0. The van der Waals surface area contributed by atoms with E-state index < -0.39 is 0 Å². The molecule has 122 valence electrons. The van der Waals surface area contributed by atoms with Crippen LogP contribution in [0.2, 0.25) is 0 Å². The summed E-state index contributed by atoms with van der Waals surface area (Å²) in [6, 6.07) is 7.84. The summed E-state index contributed by atoms with van der Waals surface area (Å²) in [5, 5.41) is 8.91. The number of nitriles is 1. The van der Waals surface area contributed by atoms with Gasteiger partial charge in [0.2, 0.25) is 0 Å². The molecule has 3 N–H and O–H groups in total. The van der Waals surface area contributed by atoms with Gasteiger partial charge in [-0.15, -0.1) is 0 Å². The highest BCUT2D eigenvalue weighted by atomic mass is 79.9. The van der Waals surface area contributed by atoms with Crippen LogP contribution in [-0.4, -0.2) is 9.97 Å². The van der Waals surface area contributed by atoms with Crippen LogP contribution in [0.1, 0.15) is 5.69 Å². The van der Waals surface area contributed by atoms with Crippen LogP contribution in [0.15, 0.2) is 53.8 Å². The molecule has 24 heavy (non-hydrogen) atoms. The number of nitrogens with one attached hydrogen (secondary N) is 1. The minimum absolute atomic E-state index is 0.0844. The van der Waals surface area contributed by atoms with Crippen molar-refractivity contribution in [2.45, 2.75) is 0 Å². The highest BCUT2D eigenvalue weighted by Gasteiger charge is 2.15. The van der Waals surface area contributed by atoms with Crippen LogP contribution in [0.3, 0.4) is 0 Å². The smallest absolute Gasteiger partial charge is 0.114 e. The highest BCUT2D eigenvalue weighted by Crippen LogP contribution is 2.43. The van der Waals surface area contributed by atoms with Crippen LogP contribution in [0.25, 0.3) is 17.3 Å². The van der Waals surface area contributed by atoms with E-state index in [4.69, 9.17) is 23.2 Å². The number of H-pyrrole nitrogens is 1. The number of aromatic amines is 1. The summed E-state index contributed by atoms with van der Waals surface area (Å²) < 4.78 is 3.76. The first kappa shape index (κ1) is 19.6. The van der Waals surface area contributed by atoms with E-state index in [-0.39, 0.29) is 10.6 Å². The Morgan fingerprint density at radius 1 is 1.17 bits per heavy atom. The van der Waals surface area contributed by atoms with Crippen LogP contribution in [0, 0.1) is 11.3 Å². The number of hydrogen-bond acceptors (Lipinski definition) is 2. The fourth-order valence-corrected chi connectivity index (χ4v) is 4.48. The first-order valence-electron chi connectivity index (χ1n) is 6.45. The number of nitrogens with two attached hydrogens (primary N) is 1. The Hall–Kier alpha value is -0.720. The normalized spacial score (nSPS) is 11.7. The van der Waals surface area contributed by atoms with Gasteiger partial charge in [0.05, 0.1) is 5.57 Å². The van der Waals surface area contributed by atoms with Crippen molar-refractivity contribution in [2.75, 3.05) is 0 Å². The Bertz CT molecular complexity index is 881. The molecule has 0 aliphatic heterocycles. The molecule has 3 nitrogen and oxygen atoms in total. The lowest BCUT2D eigenvalue weighted by molar-refractivity contribution is 1.35. The van der Waals surface area contributed by atoms with Crippen molar-refractivity contribution in [1.29, 1.82) is 5.26 Å². The van der Waals surface area contributed by atoms with Crippen molar-refractivity contribution in [3.05, 3.63) is 59.5 Å². The van der Waals surface area contributed by atoms with Crippen molar-refractivity contribution >= 4 is 87.0 Å². The molecular formula is C16H9Br4N3S. The molecule has 0 aliphatic carbocycles. The summed E-state index contributed by atoms with van der Waals surface area (Å²) >= 11 is 19.0. The van der Waals surface area contributed by atoms with Crippen LogP contribution in [0.4, 0.5) is 0 Å². The summed E-state index contributed by atoms with van der Waals surface area (Å²) in [6.07, 6.45) is 5.16. The zero-order valence-corrected chi connectivity index (χ0v) is 19.1. The molecule has 0 saturated carbocycles. The topological polar surface area (TPSA) is 65.6 Å². The number of thiocarbonyl (C=S) groups is 1. The number of rotatable bonds is 4. The number of allylic oxidation sites excluding steroid dienone is 2. The van der Waals surface area contributed by atoms with E-state index in [1.54, 1.807) is 12.2 Å². The molecule has 0 unspecified atom stereocenters. The predicted molar refractivity (Wildman–Crippen MR) is 117 cm³/mol. The molecule has 0 bridgehead atoms. The molecule has 0 fully saturated rings. The van der Waals surface area contributed by atoms with Crippen molar-refractivity contribution in [3.63, 3.8) is 0 Å². The summed E-state index contributed by atoms with van der Waals surface area (Å²) in [5.74, 6) is 0. The zero-order valence-electron chi connectivity index (χ0n) is 11.9. The van der Waals surface area contributed by atoms with Crippen molar-refractivity contribution < 1.29 is 0 Å². The molecule has 1 heterocycles. The molecule has 0 saturated heterocycles. The summed E-state index contributed by atoms with van der Waals surface area (Å²) in [7, 11) is 0. The summed E-state index contributed by atoms with van der Waals surface area (Å²) in [5.41, 5.74) is 8.54. The van der Waals surface area contributed by atoms with Gasteiger partial charge in [-0.3, -0.25) is 0 Å². The lowest BCUT2D eigenvalue weighted by atomic mass is 10.2. The molecule has 8 heteroatoms. The Kier molecular flexibility index (Phi) is 7.01. The molecule has 1 aromatic heterocycles. The number of hydrogen-bond donors (Lipinski definition) is 2. The fourth-order valence-electron chi connectivity index (χ4n) is 1.89. The van der Waals surface area contributed by atoms with E-state index in [0.717, 1.165) is 34.8 Å². The summed E-state index contributed by atoms with van der Waals surface area (Å²) in [4.78, 5) is 3.41. The average molecular weight is 595 g/mol. The predicted octanol–water partition coefficient (Wildman–Crippen LogP) is 6.48. The van der Waals surface area contributed by atoms with Gasteiger partial charge in [-0.25, -0.2) is 0 Å². The van der Waals surface area contributed by atoms with Crippen LogP contribution < -0.4 is 5.73 Å². The monoisotopic (exact) mass is 591 g/mol. The Morgan fingerprint density at radius 3 is 2.33 bits per heavy atom. The number of halogens is 4. The maximum absolute atomic E-state index is 8.91. The maximum atomic E-state index is 8.91. The molecule has 0 atom stereocenters. The third-order valence-electron chi connectivity index (χ3n) is 3.01.